The number of hydrogen-bond donors (Lipinski definition) is 0. The Hall–Kier alpha value is -7.03. The molecule has 1 aliphatic heterocycles. The number of furan rings is 1. The maximum absolute atomic E-state index is 9.58. The molecule has 5 nitrogen and oxygen atoms in total. The van der Waals surface area contributed by atoms with E-state index in [1.807, 2.05) is 60.7 Å². The van der Waals surface area contributed by atoms with Gasteiger partial charge in [-0.15, -0.1) is 0 Å². The molecule has 10 rings (SSSR count). The fraction of sp³-hybridized carbons (Fsp3) is 0.0426. The monoisotopic (exact) mass is 666 g/mol. The lowest BCUT2D eigenvalue weighted by Crippen LogP contribution is -2.29. The van der Waals surface area contributed by atoms with Crippen molar-refractivity contribution in [2.45, 2.75) is 12.0 Å². The maximum atomic E-state index is 9.58. The molecular weight excluding hydrogens is 637 g/mol. The molecule has 1 aliphatic carbocycles. The molecule has 52 heavy (non-hydrogen) atoms. The topological polar surface area (TPSA) is 66.0 Å². The standard InChI is InChI=1S/C47H30N4O/c48-29-30-10-9-15-35(26-30)42-28-41(32-13-5-2-6-14-32)49-47(50-42)33-18-21-36(22-19-33)51-43-25-20-34(31-11-3-1-4-12-31)27-40(43)38-23-24-39-37-16-7-8-17-44(37)52-46(39)45(38)51/h1-28,40,43H. The van der Waals surface area contributed by atoms with Crippen molar-refractivity contribution >= 4 is 38.9 Å². The van der Waals surface area contributed by atoms with Gasteiger partial charge in [0.1, 0.15) is 5.58 Å². The molecule has 2 unspecified atom stereocenters. The zero-order chi connectivity index (χ0) is 34.6. The number of hydrogen-bond acceptors (Lipinski definition) is 5. The van der Waals surface area contributed by atoms with E-state index in [9.17, 15) is 5.26 Å². The first-order valence-corrected chi connectivity index (χ1v) is 17.5. The molecule has 244 valence electrons. The van der Waals surface area contributed by atoms with Crippen molar-refractivity contribution in [2.24, 2.45) is 0 Å². The molecule has 0 N–H and O–H groups in total. The normalized spacial score (nSPS) is 16.1. The van der Waals surface area contributed by atoms with E-state index in [4.69, 9.17) is 14.4 Å². The highest BCUT2D eigenvalue weighted by molar-refractivity contribution is 6.11. The molecule has 0 spiro atoms. The van der Waals surface area contributed by atoms with Crippen LogP contribution in [-0.2, 0) is 0 Å². The molecule has 0 saturated heterocycles. The van der Waals surface area contributed by atoms with Gasteiger partial charge in [-0.25, -0.2) is 9.97 Å². The number of anilines is 2. The third kappa shape index (κ3) is 4.93. The van der Waals surface area contributed by atoms with E-state index in [1.54, 1.807) is 0 Å². The van der Waals surface area contributed by atoms with Crippen LogP contribution in [0.1, 0.15) is 22.6 Å². The van der Waals surface area contributed by atoms with Gasteiger partial charge in [0.05, 0.1) is 34.7 Å². The summed E-state index contributed by atoms with van der Waals surface area (Å²) >= 11 is 0. The van der Waals surface area contributed by atoms with Crippen molar-refractivity contribution < 1.29 is 4.42 Å². The van der Waals surface area contributed by atoms with Crippen LogP contribution in [-0.4, -0.2) is 16.0 Å². The van der Waals surface area contributed by atoms with Crippen LogP contribution in [0, 0.1) is 11.3 Å². The Bertz CT molecular complexity index is 2760. The summed E-state index contributed by atoms with van der Waals surface area (Å²) < 4.78 is 6.66. The van der Waals surface area contributed by atoms with Gasteiger partial charge >= 0.3 is 0 Å². The fourth-order valence-corrected chi connectivity index (χ4v) is 7.77. The average molecular weight is 667 g/mol. The molecule has 0 radical (unpaired) electrons. The SMILES string of the molecule is N#Cc1cccc(-c2cc(-c3ccccc3)nc(-c3ccc(N4c5c(ccc6c5oc5ccccc56)C5C=C(c6ccccc6)C=CC54)cc3)n2)c1. The summed E-state index contributed by atoms with van der Waals surface area (Å²) in [5.74, 6) is 0.766. The maximum Gasteiger partial charge on any atom is 0.160 e. The molecule has 8 aromatic rings. The highest BCUT2D eigenvalue weighted by Crippen LogP contribution is 2.53. The smallest absolute Gasteiger partial charge is 0.160 e. The molecule has 3 heterocycles. The van der Waals surface area contributed by atoms with E-state index in [2.05, 4.69) is 120 Å². The molecule has 0 amide bonds. The molecule has 5 heteroatoms. The molecule has 2 aromatic heterocycles. The number of allylic oxidation sites excluding steroid dienone is 2. The molecule has 6 aromatic carbocycles. The Morgan fingerprint density at radius 1 is 0.615 bits per heavy atom. The van der Waals surface area contributed by atoms with Crippen LogP contribution >= 0.6 is 0 Å². The highest BCUT2D eigenvalue weighted by atomic mass is 16.3. The fourth-order valence-electron chi connectivity index (χ4n) is 7.77. The summed E-state index contributed by atoms with van der Waals surface area (Å²) in [5, 5.41) is 11.8. The molecule has 2 aliphatic rings. The number of fused-ring (bicyclic) bond motifs is 7. The van der Waals surface area contributed by atoms with Crippen LogP contribution in [0.15, 0.2) is 174 Å². The Labute approximate surface area is 301 Å². The van der Waals surface area contributed by atoms with Gasteiger partial charge in [0.15, 0.2) is 11.4 Å². The van der Waals surface area contributed by atoms with Gasteiger partial charge in [-0.2, -0.15) is 5.26 Å². The first kappa shape index (κ1) is 29.8. The summed E-state index contributed by atoms with van der Waals surface area (Å²) in [6.45, 7) is 0. The summed E-state index contributed by atoms with van der Waals surface area (Å²) in [6.07, 6.45) is 7.00. The van der Waals surface area contributed by atoms with E-state index >= 15 is 0 Å². The van der Waals surface area contributed by atoms with Gasteiger partial charge in [-0.1, -0.05) is 121 Å². The zero-order valence-corrected chi connectivity index (χ0v) is 28.0. The number of nitriles is 1. The minimum atomic E-state index is 0.0730. The lowest BCUT2D eigenvalue weighted by Gasteiger charge is -2.29. The van der Waals surface area contributed by atoms with Crippen LogP contribution in [0.2, 0.25) is 0 Å². The van der Waals surface area contributed by atoms with Crippen LogP contribution in [0.5, 0.6) is 0 Å². The van der Waals surface area contributed by atoms with Crippen LogP contribution in [0.25, 0.3) is 61.4 Å². The Kier molecular flexibility index (Phi) is 6.94. The third-order valence-electron chi connectivity index (χ3n) is 10.2. The van der Waals surface area contributed by atoms with Crippen molar-refractivity contribution in [1.82, 2.24) is 9.97 Å². The minimum absolute atomic E-state index is 0.0730. The van der Waals surface area contributed by atoms with Gasteiger partial charge in [0, 0.05) is 39.1 Å². The van der Waals surface area contributed by atoms with Crippen molar-refractivity contribution in [3.63, 3.8) is 0 Å². The highest BCUT2D eigenvalue weighted by Gasteiger charge is 2.40. The van der Waals surface area contributed by atoms with Gasteiger partial charge < -0.3 is 9.32 Å². The minimum Gasteiger partial charge on any atom is -0.454 e. The first-order chi connectivity index (χ1) is 25.7. The van der Waals surface area contributed by atoms with E-state index in [-0.39, 0.29) is 12.0 Å². The van der Waals surface area contributed by atoms with Crippen LogP contribution in [0.4, 0.5) is 11.4 Å². The van der Waals surface area contributed by atoms with Crippen molar-refractivity contribution in [2.75, 3.05) is 4.90 Å². The zero-order valence-electron chi connectivity index (χ0n) is 28.0. The summed E-state index contributed by atoms with van der Waals surface area (Å²) in [6, 6.07) is 54.0. The van der Waals surface area contributed by atoms with E-state index < -0.39 is 0 Å². The van der Waals surface area contributed by atoms with Gasteiger partial charge in [-0.3, -0.25) is 0 Å². The largest absolute Gasteiger partial charge is 0.454 e. The van der Waals surface area contributed by atoms with Gasteiger partial charge in [-0.05, 0) is 65.2 Å². The van der Waals surface area contributed by atoms with E-state index in [1.165, 1.54) is 16.7 Å². The molecular formula is C47H30N4O. The summed E-state index contributed by atoms with van der Waals surface area (Å²) in [7, 11) is 0. The molecule has 2 atom stereocenters. The number of rotatable bonds is 5. The van der Waals surface area contributed by atoms with Crippen molar-refractivity contribution in [1.29, 1.82) is 5.26 Å². The number of para-hydroxylation sites is 1. The number of benzene rings is 6. The van der Waals surface area contributed by atoms with E-state index in [0.717, 1.165) is 61.4 Å². The summed E-state index contributed by atoms with van der Waals surface area (Å²) in [5.41, 5.74) is 12.6. The van der Waals surface area contributed by atoms with E-state index in [0.29, 0.717) is 11.4 Å². The molecule has 0 fully saturated rings. The van der Waals surface area contributed by atoms with Crippen LogP contribution in [0.3, 0.4) is 0 Å². The Balaban J connectivity index is 1.10. The molecule has 0 bridgehead atoms. The lowest BCUT2D eigenvalue weighted by molar-refractivity contribution is 0.667. The Morgan fingerprint density at radius 2 is 1.33 bits per heavy atom. The lowest BCUT2D eigenvalue weighted by atomic mass is 9.86. The van der Waals surface area contributed by atoms with Gasteiger partial charge in [0.2, 0.25) is 0 Å². The average Bonchev–Trinajstić information content (AvgIpc) is 3.77. The Morgan fingerprint density at radius 3 is 2.12 bits per heavy atom. The van der Waals surface area contributed by atoms with Gasteiger partial charge in [0.25, 0.3) is 0 Å². The number of nitrogens with zero attached hydrogens (tertiary/aromatic N) is 4. The quantitative estimate of drug-likeness (QED) is 0.183. The summed E-state index contributed by atoms with van der Waals surface area (Å²) in [4.78, 5) is 12.5. The number of aromatic nitrogens is 2. The van der Waals surface area contributed by atoms with Crippen molar-refractivity contribution in [3.05, 3.63) is 187 Å². The predicted octanol–water partition coefficient (Wildman–Crippen LogP) is 11.5. The van der Waals surface area contributed by atoms with Crippen molar-refractivity contribution in [3.8, 4) is 40.0 Å². The first-order valence-electron chi connectivity index (χ1n) is 17.5. The van der Waals surface area contributed by atoms with Crippen LogP contribution < -0.4 is 4.90 Å². The molecule has 0 saturated carbocycles. The second-order valence-electron chi connectivity index (χ2n) is 13.3. The second-order valence-corrected chi connectivity index (χ2v) is 13.3. The second kappa shape index (κ2) is 12.1. The predicted molar refractivity (Wildman–Crippen MR) is 209 cm³/mol. The third-order valence-corrected chi connectivity index (χ3v) is 10.2.